The summed E-state index contributed by atoms with van der Waals surface area (Å²) in [5, 5.41) is 9.24. The maximum Gasteiger partial charge on any atom is 0.129 e. The van der Waals surface area contributed by atoms with Gasteiger partial charge in [0, 0.05) is 44.8 Å². The quantitative estimate of drug-likeness (QED) is 0.673. The Morgan fingerprint density at radius 1 is 1.11 bits per heavy atom. The van der Waals surface area contributed by atoms with Crippen LogP contribution in [0.15, 0.2) is 36.7 Å². The van der Waals surface area contributed by atoms with E-state index >= 15 is 0 Å². The van der Waals surface area contributed by atoms with Crippen LogP contribution in [0.4, 0.5) is 0 Å². The van der Waals surface area contributed by atoms with Crippen LogP contribution in [-0.4, -0.2) is 43.7 Å². The fourth-order valence-corrected chi connectivity index (χ4v) is 4.08. The minimum atomic E-state index is 0.295. The lowest BCUT2D eigenvalue weighted by molar-refractivity contribution is 0.0966. The van der Waals surface area contributed by atoms with Crippen molar-refractivity contribution < 1.29 is 4.74 Å². The van der Waals surface area contributed by atoms with Gasteiger partial charge in [-0.3, -0.25) is 9.58 Å². The smallest absolute Gasteiger partial charge is 0.129 e. The maximum absolute atomic E-state index is 6.44. The lowest BCUT2D eigenvalue weighted by Crippen LogP contribution is -2.38. The van der Waals surface area contributed by atoms with E-state index < -0.39 is 0 Å². The van der Waals surface area contributed by atoms with E-state index in [4.69, 9.17) is 4.74 Å². The van der Waals surface area contributed by atoms with E-state index in [2.05, 4.69) is 50.2 Å². The minimum Gasteiger partial charge on any atom is -0.490 e. The third kappa shape index (κ3) is 3.58. The van der Waals surface area contributed by atoms with Crippen molar-refractivity contribution in [1.29, 1.82) is 0 Å². The summed E-state index contributed by atoms with van der Waals surface area (Å²) in [7, 11) is 1.95. The van der Waals surface area contributed by atoms with Crippen LogP contribution in [-0.2, 0) is 20.1 Å². The van der Waals surface area contributed by atoms with Crippen molar-refractivity contribution >= 4 is 10.9 Å². The zero-order chi connectivity index (χ0) is 18.2. The molecule has 1 aromatic carbocycles. The first-order chi connectivity index (χ1) is 13.3. The Hall–Kier alpha value is -2.34. The largest absolute Gasteiger partial charge is 0.490 e. The molecule has 0 unspecified atom stereocenters. The van der Waals surface area contributed by atoms with Crippen LogP contribution >= 0.6 is 0 Å². The molecule has 2 aromatic heterocycles. The van der Waals surface area contributed by atoms with Gasteiger partial charge in [-0.2, -0.15) is 0 Å². The van der Waals surface area contributed by atoms with Crippen LogP contribution < -0.4 is 4.74 Å². The van der Waals surface area contributed by atoms with Crippen molar-refractivity contribution in [1.82, 2.24) is 24.5 Å². The summed E-state index contributed by atoms with van der Waals surface area (Å²) in [6.07, 6.45) is 9.25. The molecule has 1 aliphatic carbocycles. The van der Waals surface area contributed by atoms with E-state index in [0.29, 0.717) is 6.10 Å². The van der Waals surface area contributed by atoms with Crippen LogP contribution in [0.25, 0.3) is 10.9 Å². The highest BCUT2D eigenvalue weighted by Gasteiger charge is 2.24. The van der Waals surface area contributed by atoms with Crippen molar-refractivity contribution in [2.45, 2.75) is 44.9 Å². The molecule has 0 atom stereocenters. The van der Waals surface area contributed by atoms with Crippen LogP contribution in [0, 0.1) is 5.92 Å². The average molecular weight is 365 g/mol. The zero-order valence-corrected chi connectivity index (χ0v) is 15.9. The van der Waals surface area contributed by atoms with Gasteiger partial charge in [0.2, 0.25) is 0 Å². The molecule has 0 N–H and O–H groups in total. The van der Waals surface area contributed by atoms with E-state index in [1.54, 1.807) is 0 Å². The van der Waals surface area contributed by atoms with E-state index in [9.17, 15) is 0 Å². The molecule has 1 saturated heterocycles. The first kappa shape index (κ1) is 16.8. The molecule has 0 bridgehead atoms. The summed E-state index contributed by atoms with van der Waals surface area (Å²) in [6.45, 7) is 4.16. The normalized spacial score (nSPS) is 19.0. The van der Waals surface area contributed by atoms with Crippen molar-refractivity contribution in [3.05, 3.63) is 42.4 Å². The molecule has 142 valence electrons. The number of hydrogen-bond acceptors (Lipinski definition) is 4. The van der Waals surface area contributed by atoms with Gasteiger partial charge in [-0.25, -0.2) is 0 Å². The van der Waals surface area contributed by atoms with Crippen molar-refractivity contribution in [3.8, 4) is 5.75 Å². The van der Waals surface area contributed by atoms with E-state index in [-0.39, 0.29) is 0 Å². The predicted molar refractivity (Wildman–Crippen MR) is 105 cm³/mol. The Morgan fingerprint density at radius 2 is 1.96 bits per heavy atom. The number of likely N-dealkylation sites (tertiary alicyclic amines) is 1. The number of aryl methyl sites for hydroxylation is 1. The number of hydrogen-bond donors (Lipinski definition) is 0. The number of nitrogens with zero attached hydrogens (tertiary/aromatic N) is 5. The molecule has 1 aliphatic heterocycles. The highest BCUT2D eigenvalue weighted by atomic mass is 16.5. The SMILES string of the molecule is Cn1nncc1CN1CCC(Oc2cccc3c2ccn3CC2CC2)CC1. The Labute approximate surface area is 159 Å². The molecule has 3 aromatic rings. The maximum atomic E-state index is 6.44. The van der Waals surface area contributed by atoms with Crippen LogP contribution in [0.2, 0.25) is 0 Å². The van der Waals surface area contributed by atoms with Gasteiger partial charge in [0.1, 0.15) is 11.9 Å². The van der Waals surface area contributed by atoms with Crippen molar-refractivity contribution in [3.63, 3.8) is 0 Å². The molecule has 6 heteroatoms. The second kappa shape index (κ2) is 7.00. The molecule has 2 fully saturated rings. The van der Waals surface area contributed by atoms with E-state index in [1.807, 2.05) is 17.9 Å². The van der Waals surface area contributed by atoms with Gasteiger partial charge in [0.05, 0.1) is 17.4 Å². The van der Waals surface area contributed by atoms with Gasteiger partial charge in [-0.05, 0) is 49.8 Å². The van der Waals surface area contributed by atoms with Crippen LogP contribution in [0.3, 0.4) is 0 Å². The first-order valence-corrected chi connectivity index (χ1v) is 10.1. The lowest BCUT2D eigenvalue weighted by atomic mass is 10.1. The number of ether oxygens (including phenoxy) is 1. The van der Waals surface area contributed by atoms with E-state index in [0.717, 1.165) is 56.4 Å². The minimum absolute atomic E-state index is 0.295. The molecule has 5 rings (SSSR count). The second-order valence-corrected chi connectivity index (χ2v) is 8.04. The molecule has 3 heterocycles. The zero-order valence-electron chi connectivity index (χ0n) is 15.9. The molecule has 6 nitrogen and oxygen atoms in total. The molecule has 27 heavy (non-hydrogen) atoms. The molecular formula is C21H27N5O. The summed E-state index contributed by atoms with van der Waals surface area (Å²) in [5.74, 6) is 1.92. The molecule has 1 saturated carbocycles. The Morgan fingerprint density at radius 3 is 2.70 bits per heavy atom. The Balaban J connectivity index is 1.22. The van der Waals surface area contributed by atoms with Crippen molar-refractivity contribution in [2.24, 2.45) is 13.0 Å². The topological polar surface area (TPSA) is 48.1 Å². The van der Waals surface area contributed by atoms with Gasteiger partial charge in [0.15, 0.2) is 0 Å². The molecule has 2 aliphatic rings. The third-order valence-electron chi connectivity index (χ3n) is 5.95. The van der Waals surface area contributed by atoms with Gasteiger partial charge >= 0.3 is 0 Å². The number of aromatic nitrogens is 4. The second-order valence-electron chi connectivity index (χ2n) is 8.04. The monoisotopic (exact) mass is 365 g/mol. The summed E-state index contributed by atoms with van der Waals surface area (Å²) in [5.41, 5.74) is 2.47. The van der Waals surface area contributed by atoms with Gasteiger partial charge in [-0.1, -0.05) is 11.3 Å². The van der Waals surface area contributed by atoms with E-state index in [1.165, 1.54) is 23.7 Å². The van der Waals surface area contributed by atoms with Gasteiger partial charge < -0.3 is 9.30 Å². The molecular weight excluding hydrogens is 338 g/mol. The number of rotatable bonds is 6. The van der Waals surface area contributed by atoms with Crippen LogP contribution in [0.1, 0.15) is 31.4 Å². The number of benzene rings is 1. The summed E-state index contributed by atoms with van der Waals surface area (Å²) >= 11 is 0. The number of piperidine rings is 1. The standard InChI is InChI=1S/C21H27N5O/c1-24-17(13-22-23-24)15-25-10-7-18(8-11-25)27-21-4-2-3-20-19(21)9-12-26(20)14-16-5-6-16/h2-4,9,12-13,16,18H,5-8,10-11,14-15H2,1H3. The fraction of sp³-hybridized carbons (Fsp3) is 0.524. The summed E-state index contributed by atoms with van der Waals surface area (Å²) < 4.78 is 10.7. The molecule has 0 amide bonds. The van der Waals surface area contributed by atoms with Gasteiger partial charge in [0.25, 0.3) is 0 Å². The summed E-state index contributed by atoms with van der Waals surface area (Å²) in [6, 6.07) is 8.69. The predicted octanol–water partition coefficient (Wildman–Crippen LogP) is 3.22. The Bertz CT molecular complexity index is 918. The first-order valence-electron chi connectivity index (χ1n) is 10.1. The number of fused-ring (bicyclic) bond motifs is 1. The fourth-order valence-electron chi connectivity index (χ4n) is 4.08. The highest BCUT2D eigenvalue weighted by molar-refractivity contribution is 5.86. The lowest BCUT2D eigenvalue weighted by Gasteiger charge is -2.32. The van der Waals surface area contributed by atoms with Crippen molar-refractivity contribution in [2.75, 3.05) is 13.1 Å². The van der Waals surface area contributed by atoms with Gasteiger partial charge in [-0.15, -0.1) is 5.10 Å². The highest BCUT2D eigenvalue weighted by Crippen LogP contribution is 2.34. The average Bonchev–Trinajstić information content (AvgIpc) is 3.27. The Kier molecular flexibility index (Phi) is 4.36. The molecule has 0 radical (unpaired) electrons. The van der Waals surface area contributed by atoms with Crippen LogP contribution in [0.5, 0.6) is 5.75 Å². The third-order valence-corrected chi connectivity index (χ3v) is 5.95. The molecule has 0 spiro atoms. The summed E-state index contributed by atoms with van der Waals surface area (Å²) in [4.78, 5) is 2.46.